The summed E-state index contributed by atoms with van der Waals surface area (Å²) in [4.78, 5) is 17.4. The lowest BCUT2D eigenvalue weighted by molar-refractivity contribution is 0.481. The average Bonchev–Trinajstić information content (AvgIpc) is 2.29. The fraction of sp³-hybridized carbons (Fsp3) is 0. The van der Waals surface area contributed by atoms with Gasteiger partial charge in [0.25, 0.3) is 0 Å². The van der Waals surface area contributed by atoms with E-state index < -0.39 is 0 Å². The third-order valence-corrected chi connectivity index (χ3v) is 2.24. The van der Waals surface area contributed by atoms with Crippen LogP contribution >= 0.6 is 0 Å². The van der Waals surface area contributed by atoms with Gasteiger partial charge in [-0.15, -0.1) is 0 Å². The van der Waals surface area contributed by atoms with Gasteiger partial charge in [0.2, 0.25) is 0 Å². The Bertz CT molecular complexity index is 616. The maximum absolute atomic E-state index is 11.1. The zero-order chi connectivity index (χ0) is 10.3. The molecule has 0 radical (unpaired) electrons. The van der Waals surface area contributed by atoms with E-state index in [4.69, 9.17) is 4.74 Å². The van der Waals surface area contributed by atoms with Gasteiger partial charge >= 0.3 is 5.69 Å². The molecule has 0 spiro atoms. The van der Waals surface area contributed by atoms with Crippen molar-refractivity contribution in [2.24, 2.45) is 0 Å². The molecular formula is C10H7N3O2. The minimum Gasteiger partial charge on any atom is -0.459 e. The van der Waals surface area contributed by atoms with E-state index in [-0.39, 0.29) is 5.69 Å². The zero-order valence-electron chi connectivity index (χ0n) is 7.65. The van der Waals surface area contributed by atoms with Crippen LogP contribution in [0.1, 0.15) is 0 Å². The topological polar surface area (TPSA) is 67.0 Å². The van der Waals surface area contributed by atoms with Crippen molar-refractivity contribution in [1.29, 1.82) is 0 Å². The number of nitrogens with zero attached hydrogens (tertiary/aromatic N) is 1. The Hall–Kier alpha value is -2.30. The monoisotopic (exact) mass is 201 g/mol. The largest absolute Gasteiger partial charge is 0.459 e. The highest BCUT2D eigenvalue weighted by Gasteiger charge is 2.11. The van der Waals surface area contributed by atoms with Gasteiger partial charge in [0.15, 0.2) is 5.75 Å². The molecule has 2 aromatic rings. The summed E-state index contributed by atoms with van der Waals surface area (Å²) in [7, 11) is 0. The summed E-state index contributed by atoms with van der Waals surface area (Å²) in [5.74, 6) is 0.620. The third-order valence-electron chi connectivity index (χ3n) is 2.24. The lowest BCUT2D eigenvalue weighted by Gasteiger charge is -2.14. The molecule has 2 heterocycles. The molecule has 0 unspecified atom stereocenters. The number of hydrogen-bond acceptors (Lipinski definition) is 4. The van der Waals surface area contributed by atoms with Gasteiger partial charge in [-0.3, -0.25) is 0 Å². The van der Waals surface area contributed by atoms with E-state index in [0.717, 1.165) is 11.1 Å². The van der Waals surface area contributed by atoms with Crippen molar-refractivity contribution in [3.8, 4) is 5.75 Å². The first kappa shape index (κ1) is 8.05. The van der Waals surface area contributed by atoms with Crippen LogP contribution in [0.4, 0.5) is 5.69 Å². The van der Waals surface area contributed by atoms with Crippen molar-refractivity contribution in [3.05, 3.63) is 41.3 Å². The number of H-pyrrole nitrogens is 1. The first-order valence-corrected chi connectivity index (χ1v) is 4.45. The Kier molecular flexibility index (Phi) is 1.53. The Morgan fingerprint density at radius 1 is 1.33 bits per heavy atom. The lowest BCUT2D eigenvalue weighted by Crippen LogP contribution is -2.10. The molecule has 5 nitrogen and oxygen atoms in total. The van der Waals surface area contributed by atoms with Gasteiger partial charge in [-0.05, 0) is 12.1 Å². The molecule has 0 saturated carbocycles. The number of hydrogen-bond donors (Lipinski definition) is 2. The average molecular weight is 201 g/mol. The predicted molar refractivity (Wildman–Crippen MR) is 55.8 cm³/mol. The number of aromatic nitrogens is 2. The van der Waals surface area contributed by atoms with Crippen molar-refractivity contribution in [2.75, 3.05) is 5.32 Å². The maximum atomic E-state index is 11.1. The van der Waals surface area contributed by atoms with Crippen molar-refractivity contribution < 1.29 is 4.74 Å². The molecule has 0 fully saturated rings. The van der Waals surface area contributed by atoms with Crippen molar-refractivity contribution in [1.82, 2.24) is 9.97 Å². The summed E-state index contributed by atoms with van der Waals surface area (Å²) in [6, 6.07) is 3.74. The van der Waals surface area contributed by atoms with Crippen LogP contribution < -0.4 is 15.7 Å². The molecule has 5 heteroatoms. The van der Waals surface area contributed by atoms with Crippen LogP contribution in [0.3, 0.4) is 0 Å². The van der Waals surface area contributed by atoms with Gasteiger partial charge in [-0.2, -0.15) is 0 Å². The summed E-state index contributed by atoms with van der Waals surface area (Å²) in [5.41, 5.74) is 1.10. The molecule has 3 rings (SSSR count). The van der Waals surface area contributed by atoms with Crippen LogP contribution in [0.2, 0.25) is 0 Å². The molecule has 0 atom stereocenters. The second-order valence-corrected chi connectivity index (χ2v) is 3.16. The highest BCUT2D eigenvalue weighted by Crippen LogP contribution is 2.33. The molecule has 0 aliphatic carbocycles. The van der Waals surface area contributed by atoms with Crippen LogP contribution in [-0.2, 0) is 0 Å². The van der Waals surface area contributed by atoms with Gasteiger partial charge in [0.1, 0.15) is 6.26 Å². The molecule has 1 aliphatic rings. The van der Waals surface area contributed by atoms with E-state index in [9.17, 15) is 4.79 Å². The number of aromatic amines is 1. The predicted octanol–water partition coefficient (Wildman–Crippen LogP) is 1.20. The lowest BCUT2D eigenvalue weighted by atomic mass is 10.2. The number of anilines is 1. The minimum atomic E-state index is -0.381. The van der Waals surface area contributed by atoms with Crippen molar-refractivity contribution in [3.63, 3.8) is 0 Å². The molecule has 1 aromatic heterocycles. The van der Waals surface area contributed by atoms with Crippen LogP contribution in [0.15, 0.2) is 35.6 Å². The SMILES string of the molecule is O=c1ncc2ccc3c(c2[nH]1)OC=CN3. The summed E-state index contributed by atoms with van der Waals surface area (Å²) < 4.78 is 5.35. The smallest absolute Gasteiger partial charge is 0.345 e. The number of nitrogens with one attached hydrogen (secondary N) is 2. The third kappa shape index (κ3) is 1.17. The van der Waals surface area contributed by atoms with E-state index in [1.54, 1.807) is 6.20 Å². The van der Waals surface area contributed by atoms with Crippen molar-refractivity contribution >= 4 is 16.6 Å². The zero-order valence-corrected chi connectivity index (χ0v) is 7.65. The van der Waals surface area contributed by atoms with Gasteiger partial charge in [-0.25, -0.2) is 9.78 Å². The van der Waals surface area contributed by atoms with E-state index in [2.05, 4.69) is 15.3 Å². The van der Waals surface area contributed by atoms with E-state index in [1.165, 1.54) is 12.5 Å². The van der Waals surface area contributed by atoms with Gasteiger partial charge in [0.05, 0.1) is 11.2 Å². The second kappa shape index (κ2) is 2.84. The first-order valence-electron chi connectivity index (χ1n) is 4.45. The van der Waals surface area contributed by atoms with Crippen LogP contribution in [-0.4, -0.2) is 9.97 Å². The molecular weight excluding hydrogens is 194 g/mol. The number of fused-ring (bicyclic) bond motifs is 3. The Labute approximate surface area is 84.4 Å². The van der Waals surface area contributed by atoms with E-state index in [0.29, 0.717) is 11.3 Å². The number of ether oxygens (including phenoxy) is 1. The van der Waals surface area contributed by atoms with E-state index in [1.807, 2.05) is 12.1 Å². The van der Waals surface area contributed by atoms with Gasteiger partial charge in [0, 0.05) is 17.8 Å². The molecule has 0 bridgehead atoms. The van der Waals surface area contributed by atoms with Crippen molar-refractivity contribution in [2.45, 2.75) is 0 Å². The molecule has 0 saturated heterocycles. The Morgan fingerprint density at radius 2 is 2.27 bits per heavy atom. The fourth-order valence-corrected chi connectivity index (χ4v) is 1.56. The van der Waals surface area contributed by atoms with Gasteiger partial charge in [-0.1, -0.05) is 0 Å². The maximum Gasteiger partial charge on any atom is 0.345 e. The molecule has 1 aliphatic heterocycles. The molecule has 2 N–H and O–H groups in total. The summed E-state index contributed by atoms with van der Waals surface area (Å²) in [6.45, 7) is 0. The fourth-order valence-electron chi connectivity index (χ4n) is 1.56. The first-order chi connectivity index (χ1) is 7.34. The molecule has 0 amide bonds. The van der Waals surface area contributed by atoms with Crippen LogP contribution in [0.25, 0.3) is 10.9 Å². The number of rotatable bonds is 0. The quantitative estimate of drug-likeness (QED) is 0.672. The number of benzene rings is 1. The highest BCUT2D eigenvalue weighted by atomic mass is 16.5. The second-order valence-electron chi connectivity index (χ2n) is 3.16. The van der Waals surface area contributed by atoms with E-state index >= 15 is 0 Å². The standard InChI is InChI=1S/C10H7N3O2/c14-10-12-5-6-1-2-7-9(8(6)13-10)15-4-3-11-7/h1-5,11H,(H,12,13,14). The highest BCUT2D eigenvalue weighted by molar-refractivity contribution is 5.90. The Balaban J connectivity index is 2.41. The molecule has 74 valence electrons. The minimum absolute atomic E-state index is 0.381. The summed E-state index contributed by atoms with van der Waals surface area (Å²) in [6.07, 6.45) is 4.74. The Morgan fingerprint density at radius 3 is 3.20 bits per heavy atom. The molecule has 15 heavy (non-hydrogen) atoms. The normalized spacial score (nSPS) is 13.1. The van der Waals surface area contributed by atoms with Crippen LogP contribution in [0, 0.1) is 0 Å². The van der Waals surface area contributed by atoms with Crippen LogP contribution in [0.5, 0.6) is 5.75 Å². The van der Waals surface area contributed by atoms with Gasteiger partial charge < -0.3 is 15.0 Å². The summed E-state index contributed by atoms with van der Waals surface area (Å²) >= 11 is 0. The molecule has 1 aromatic carbocycles. The summed E-state index contributed by atoms with van der Waals surface area (Å²) in [5, 5.41) is 3.86.